The van der Waals surface area contributed by atoms with Crippen molar-refractivity contribution in [3.05, 3.63) is 55.1 Å². The van der Waals surface area contributed by atoms with Gasteiger partial charge in [-0.2, -0.15) is 5.10 Å². The molecule has 0 aliphatic carbocycles. The molecule has 4 aromatic rings. The number of thioether (sulfide) groups is 1. The highest BCUT2D eigenvalue weighted by molar-refractivity contribution is 7.98. The Hall–Kier alpha value is -2.74. The molecule has 0 aliphatic heterocycles. The first-order valence-corrected chi connectivity index (χ1v) is 7.61. The van der Waals surface area contributed by atoms with Crippen LogP contribution in [0, 0.1) is 0 Å². The fourth-order valence-electron chi connectivity index (χ4n) is 2.05. The summed E-state index contributed by atoms with van der Waals surface area (Å²) in [6.07, 6.45) is 4.85. The van der Waals surface area contributed by atoms with Crippen LogP contribution in [0.25, 0.3) is 16.9 Å². The smallest absolute Gasteiger partial charge is 0.181 e. The quantitative estimate of drug-likeness (QED) is 0.459. The van der Waals surface area contributed by atoms with E-state index in [1.165, 1.54) is 6.33 Å². The molecular formula is C14H11N7S. The number of rotatable bonds is 4. The topological polar surface area (TPSA) is 85.2 Å². The molecule has 0 unspecified atom stereocenters. The highest BCUT2D eigenvalue weighted by Crippen LogP contribution is 2.24. The van der Waals surface area contributed by atoms with Gasteiger partial charge in [-0.15, -0.1) is 0 Å². The number of benzene rings is 1. The average Bonchev–Trinajstić information content (AvgIpc) is 3.23. The number of aromatic amines is 1. The molecule has 4 rings (SSSR count). The third-order valence-electron chi connectivity index (χ3n) is 3.09. The van der Waals surface area contributed by atoms with Gasteiger partial charge in [-0.3, -0.25) is 0 Å². The van der Waals surface area contributed by atoms with E-state index in [1.807, 2.05) is 30.3 Å². The first-order valence-electron chi connectivity index (χ1n) is 6.63. The molecule has 0 aliphatic rings. The lowest BCUT2D eigenvalue weighted by atomic mass is 10.3. The molecule has 0 fully saturated rings. The van der Waals surface area contributed by atoms with Crippen LogP contribution in [0.1, 0.15) is 5.82 Å². The van der Waals surface area contributed by atoms with Gasteiger partial charge in [0.15, 0.2) is 11.5 Å². The van der Waals surface area contributed by atoms with Gasteiger partial charge >= 0.3 is 0 Å². The van der Waals surface area contributed by atoms with Crippen LogP contribution in [-0.2, 0) is 5.75 Å². The van der Waals surface area contributed by atoms with Crippen molar-refractivity contribution in [3.63, 3.8) is 0 Å². The van der Waals surface area contributed by atoms with Crippen LogP contribution < -0.4 is 0 Å². The lowest BCUT2D eigenvalue weighted by Crippen LogP contribution is -1.95. The number of aromatic nitrogens is 7. The van der Waals surface area contributed by atoms with E-state index in [-0.39, 0.29) is 0 Å². The predicted octanol–water partition coefficient (Wildman–Crippen LogP) is 2.23. The number of nitrogens with zero attached hydrogens (tertiary/aromatic N) is 6. The molecule has 8 heteroatoms. The third-order valence-corrected chi connectivity index (χ3v) is 4.07. The van der Waals surface area contributed by atoms with E-state index in [2.05, 4.69) is 30.0 Å². The summed E-state index contributed by atoms with van der Waals surface area (Å²) in [5, 5.41) is 5.32. The summed E-state index contributed by atoms with van der Waals surface area (Å²) in [5.74, 6) is 1.38. The van der Waals surface area contributed by atoms with Crippen LogP contribution in [0.2, 0.25) is 0 Å². The van der Waals surface area contributed by atoms with Crippen LogP contribution in [0.4, 0.5) is 0 Å². The van der Waals surface area contributed by atoms with Gasteiger partial charge in [-0.05, 0) is 12.1 Å². The van der Waals surface area contributed by atoms with E-state index in [9.17, 15) is 0 Å². The standard InChI is InChI=1S/C14H11N7S/c1-2-4-10(5-3-1)21-9-19-11(20-21)6-22-14-12-13(16-7-15-12)17-8-18-14/h1-5,7-9H,6H2,(H,15,16,17,18). The number of H-pyrrole nitrogens is 1. The number of hydrogen-bond donors (Lipinski definition) is 1. The van der Waals surface area contributed by atoms with Crippen molar-refractivity contribution in [2.24, 2.45) is 0 Å². The van der Waals surface area contributed by atoms with E-state index < -0.39 is 0 Å². The highest BCUT2D eigenvalue weighted by Gasteiger charge is 2.09. The summed E-state index contributed by atoms with van der Waals surface area (Å²) in [6.45, 7) is 0. The summed E-state index contributed by atoms with van der Waals surface area (Å²) < 4.78 is 1.77. The Morgan fingerprint density at radius 3 is 2.86 bits per heavy atom. The molecule has 3 heterocycles. The van der Waals surface area contributed by atoms with Crippen LogP contribution in [-0.4, -0.2) is 34.7 Å². The van der Waals surface area contributed by atoms with E-state index in [0.717, 1.165) is 22.1 Å². The third kappa shape index (κ3) is 2.44. The molecule has 3 aromatic heterocycles. The number of nitrogens with one attached hydrogen (secondary N) is 1. The number of hydrogen-bond acceptors (Lipinski definition) is 6. The van der Waals surface area contributed by atoms with Crippen molar-refractivity contribution < 1.29 is 0 Å². The fraction of sp³-hybridized carbons (Fsp3) is 0.0714. The van der Waals surface area contributed by atoms with Crippen molar-refractivity contribution in [3.8, 4) is 5.69 Å². The van der Waals surface area contributed by atoms with E-state index in [0.29, 0.717) is 11.4 Å². The van der Waals surface area contributed by atoms with Crippen molar-refractivity contribution in [2.75, 3.05) is 0 Å². The zero-order valence-corrected chi connectivity index (χ0v) is 12.2. The van der Waals surface area contributed by atoms with E-state index >= 15 is 0 Å². The maximum Gasteiger partial charge on any atom is 0.181 e. The van der Waals surface area contributed by atoms with Gasteiger partial charge < -0.3 is 4.98 Å². The molecule has 22 heavy (non-hydrogen) atoms. The minimum absolute atomic E-state index is 0.630. The van der Waals surface area contributed by atoms with Gasteiger partial charge in [0.05, 0.1) is 17.8 Å². The Morgan fingerprint density at radius 2 is 1.95 bits per heavy atom. The fourth-order valence-corrected chi connectivity index (χ4v) is 2.87. The number of fused-ring (bicyclic) bond motifs is 1. The van der Waals surface area contributed by atoms with Crippen LogP contribution in [0.5, 0.6) is 0 Å². The van der Waals surface area contributed by atoms with Crippen molar-refractivity contribution in [1.82, 2.24) is 34.7 Å². The van der Waals surface area contributed by atoms with Gasteiger partial charge in [-0.1, -0.05) is 30.0 Å². The van der Waals surface area contributed by atoms with E-state index in [1.54, 1.807) is 29.1 Å². The maximum absolute atomic E-state index is 4.48. The summed E-state index contributed by atoms with van der Waals surface area (Å²) >= 11 is 1.56. The SMILES string of the molecule is c1ccc(-n2cnc(CSc3ncnc4nc[nH]c34)n2)cc1. The lowest BCUT2D eigenvalue weighted by molar-refractivity contribution is 0.859. The van der Waals surface area contributed by atoms with Gasteiger partial charge in [0.25, 0.3) is 0 Å². The molecule has 0 radical (unpaired) electrons. The number of imidazole rings is 1. The first kappa shape index (κ1) is 13.0. The molecule has 0 amide bonds. The Bertz CT molecular complexity index is 900. The second-order valence-electron chi connectivity index (χ2n) is 4.51. The summed E-state index contributed by atoms with van der Waals surface area (Å²) in [5.41, 5.74) is 2.50. The molecular weight excluding hydrogens is 298 g/mol. The number of para-hydroxylation sites is 1. The van der Waals surface area contributed by atoms with Gasteiger partial charge in [-0.25, -0.2) is 24.6 Å². The summed E-state index contributed by atoms with van der Waals surface area (Å²) in [6, 6.07) is 9.90. The van der Waals surface area contributed by atoms with Crippen molar-refractivity contribution in [2.45, 2.75) is 10.8 Å². The minimum atomic E-state index is 0.630. The average molecular weight is 309 g/mol. The molecule has 1 aromatic carbocycles. The molecule has 1 N–H and O–H groups in total. The Balaban J connectivity index is 1.53. The van der Waals surface area contributed by atoms with Crippen LogP contribution >= 0.6 is 11.8 Å². The highest BCUT2D eigenvalue weighted by atomic mass is 32.2. The Morgan fingerprint density at radius 1 is 1.05 bits per heavy atom. The van der Waals surface area contributed by atoms with Gasteiger partial charge in [0.2, 0.25) is 0 Å². The molecule has 0 saturated carbocycles. The normalized spacial score (nSPS) is 11.1. The van der Waals surface area contributed by atoms with E-state index in [4.69, 9.17) is 0 Å². The summed E-state index contributed by atoms with van der Waals surface area (Å²) in [7, 11) is 0. The molecule has 0 spiro atoms. The minimum Gasteiger partial charge on any atom is -0.341 e. The van der Waals surface area contributed by atoms with Gasteiger partial charge in [0, 0.05) is 0 Å². The molecule has 0 bridgehead atoms. The second kappa shape index (κ2) is 5.57. The molecule has 7 nitrogen and oxygen atoms in total. The van der Waals surface area contributed by atoms with Gasteiger partial charge in [0.1, 0.15) is 23.2 Å². The maximum atomic E-state index is 4.48. The predicted molar refractivity (Wildman–Crippen MR) is 82.6 cm³/mol. The second-order valence-corrected chi connectivity index (χ2v) is 5.47. The molecule has 0 saturated heterocycles. The van der Waals surface area contributed by atoms with Crippen molar-refractivity contribution in [1.29, 1.82) is 0 Å². The van der Waals surface area contributed by atoms with Crippen LogP contribution in [0.15, 0.2) is 54.3 Å². The van der Waals surface area contributed by atoms with Crippen LogP contribution in [0.3, 0.4) is 0 Å². The lowest BCUT2D eigenvalue weighted by Gasteiger charge is -1.99. The zero-order chi connectivity index (χ0) is 14.8. The molecule has 0 atom stereocenters. The first-order chi connectivity index (χ1) is 10.9. The van der Waals surface area contributed by atoms with Crippen molar-refractivity contribution >= 4 is 22.9 Å². The largest absolute Gasteiger partial charge is 0.341 e. The zero-order valence-electron chi connectivity index (χ0n) is 11.4. The Labute approximate surface area is 129 Å². The molecule has 108 valence electrons. The summed E-state index contributed by atoms with van der Waals surface area (Å²) in [4.78, 5) is 19.9. The Kier molecular flexibility index (Phi) is 3.28. The monoisotopic (exact) mass is 309 g/mol.